The Morgan fingerprint density at radius 3 is 3.00 bits per heavy atom. The van der Waals surface area contributed by atoms with Gasteiger partial charge in [-0.25, -0.2) is 0 Å². The van der Waals surface area contributed by atoms with Gasteiger partial charge in [0, 0.05) is 30.1 Å². The van der Waals surface area contributed by atoms with Gasteiger partial charge >= 0.3 is 0 Å². The molecule has 24 heavy (non-hydrogen) atoms. The molecule has 128 valence electrons. The van der Waals surface area contributed by atoms with Crippen molar-refractivity contribution >= 4 is 18.4 Å². The minimum Gasteiger partial charge on any atom is -0.376 e. The van der Waals surface area contributed by atoms with Crippen LogP contribution >= 0.6 is 12.2 Å². The van der Waals surface area contributed by atoms with E-state index in [2.05, 4.69) is 32.9 Å². The smallest absolute Gasteiger partial charge is 0.296 e. The van der Waals surface area contributed by atoms with Crippen LogP contribution in [-0.4, -0.2) is 38.4 Å². The average Bonchev–Trinajstić information content (AvgIpc) is 3.15. The number of H-pyrrole nitrogens is 1. The fourth-order valence-corrected chi connectivity index (χ4v) is 3.10. The third-order valence-corrected chi connectivity index (χ3v) is 4.61. The van der Waals surface area contributed by atoms with E-state index in [0.717, 1.165) is 47.6 Å². The standard InChI is InChI=1S/C16H21N5O2S/c1-10-7-13(12(3)20(10)9-14-5-4-6-23-14)8-17-21-15(22)11(2)18-19-16(21)24/h7-8,14H,4-6,9H2,1-3H3,(H,19,24)/b17-8-/t14-/m0/s1. The third-order valence-electron chi connectivity index (χ3n) is 4.35. The van der Waals surface area contributed by atoms with Crippen LogP contribution in [0.5, 0.6) is 0 Å². The fourth-order valence-electron chi connectivity index (χ4n) is 2.93. The summed E-state index contributed by atoms with van der Waals surface area (Å²) < 4.78 is 9.29. The summed E-state index contributed by atoms with van der Waals surface area (Å²) in [5, 5.41) is 10.7. The molecule has 0 amide bonds. The number of nitrogens with one attached hydrogen (secondary N) is 1. The van der Waals surface area contributed by atoms with Gasteiger partial charge in [-0.3, -0.25) is 9.89 Å². The Morgan fingerprint density at radius 1 is 1.50 bits per heavy atom. The SMILES string of the molecule is Cc1n[nH]c(=S)n(/N=C\c2cc(C)n(C[C@@H]3CCCO3)c2C)c1=O. The second-order valence-corrected chi connectivity index (χ2v) is 6.43. The highest BCUT2D eigenvalue weighted by Gasteiger charge is 2.18. The largest absolute Gasteiger partial charge is 0.376 e. The third kappa shape index (κ3) is 3.25. The zero-order valence-electron chi connectivity index (χ0n) is 14.1. The lowest BCUT2D eigenvalue weighted by atomic mass is 10.2. The predicted molar refractivity (Wildman–Crippen MR) is 94.3 cm³/mol. The lowest BCUT2D eigenvalue weighted by Crippen LogP contribution is -2.22. The van der Waals surface area contributed by atoms with Crippen LogP contribution in [0, 0.1) is 25.5 Å². The van der Waals surface area contributed by atoms with Crippen LogP contribution in [0.2, 0.25) is 0 Å². The molecule has 1 fully saturated rings. The number of hydrogen-bond donors (Lipinski definition) is 1. The number of aromatic amines is 1. The van der Waals surface area contributed by atoms with Gasteiger partial charge in [0.05, 0.1) is 12.3 Å². The minimum atomic E-state index is -0.317. The van der Waals surface area contributed by atoms with Crippen molar-refractivity contribution in [3.05, 3.63) is 43.8 Å². The van der Waals surface area contributed by atoms with Crippen molar-refractivity contribution in [2.45, 2.75) is 46.3 Å². The Morgan fingerprint density at radius 2 is 2.29 bits per heavy atom. The molecule has 0 aromatic carbocycles. The van der Waals surface area contributed by atoms with E-state index >= 15 is 0 Å². The summed E-state index contributed by atoms with van der Waals surface area (Å²) in [6.45, 7) is 7.42. The summed E-state index contributed by atoms with van der Waals surface area (Å²) in [6.07, 6.45) is 4.17. The number of aromatic nitrogens is 4. The van der Waals surface area contributed by atoms with E-state index in [4.69, 9.17) is 17.0 Å². The van der Waals surface area contributed by atoms with Crippen LogP contribution in [-0.2, 0) is 11.3 Å². The zero-order valence-corrected chi connectivity index (χ0v) is 14.9. The molecular formula is C16H21N5O2S. The molecule has 0 saturated carbocycles. The molecule has 0 bridgehead atoms. The maximum absolute atomic E-state index is 12.1. The molecule has 3 rings (SSSR count). The topological polar surface area (TPSA) is 77.2 Å². The van der Waals surface area contributed by atoms with Crippen molar-refractivity contribution in [2.24, 2.45) is 5.10 Å². The second kappa shape index (κ2) is 6.82. The highest BCUT2D eigenvalue weighted by atomic mass is 32.1. The van der Waals surface area contributed by atoms with Gasteiger partial charge in [0.2, 0.25) is 4.77 Å². The van der Waals surface area contributed by atoms with Crippen molar-refractivity contribution in [1.29, 1.82) is 0 Å². The molecule has 1 atom stereocenters. The molecule has 1 aliphatic rings. The van der Waals surface area contributed by atoms with E-state index in [1.165, 1.54) is 0 Å². The van der Waals surface area contributed by atoms with E-state index < -0.39 is 0 Å². The molecule has 2 aromatic rings. The average molecular weight is 347 g/mol. The molecule has 0 radical (unpaired) electrons. The molecule has 7 nitrogen and oxygen atoms in total. The van der Waals surface area contributed by atoms with Gasteiger partial charge in [-0.1, -0.05) is 0 Å². The Balaban J connectivity index is 1.90. The molecule has 1 aliphatic heterocycles. The van der Waals surface area contributed by atoms with Gasteiger partial charge in [0.25, 0.3) is 5.56 Å². The maximum Gasteiger partial charge on any atom is 0.296 e. The van der Waals surface area contributed by atoms with Crippen LogP contribution in [0.25, 0.3) is 0 Å². The number of ether oxygens (including phenoxy) is 1. The first kappa shape index (κ1) is 16.8. The number of aryl methyl sites for hydroxylation is 2. The molecule has 0 aliphatic carbocycles. The van der Waals surface area contributed by atoms with Crippen LogP contribution in [0.4, 0.5) is 0 Å². The highest BCUT2D eigenvalue weighted by molar-refractivity contribution is 7.71. The summed E-state index contributed by atoms with van der Waals surface area (Å²) in [7, 11) is 0. The summed E-state index contributed by atoms with van der Waals surface area (Å²) in [5.41, 5.74) is 3.21. The predicted octanol–water partition coefficient (Wildman–Crippen LogP) is 2.09. The molecule has 3 heterocycles. The van der Waals surface area contributed by atoms with Gasteiger partial charge in [-0.05, 0) is 51.9 Å². The molecule has 8 heteroatoms. The van der Waals surface area contributed by atoms with Gasteiger partial charge in [-0.15, -0.1) is 0 Å². The van der Waals surface area contributed by atoms with Crippen LogP contribution in [0.1, 0.15) is 35.5 Å². The maximum atomic E-state index is 12.1. The summed E-state index contributed by atoms with van der Waals surface area (Å²) in [5.74, 6) is 0. The van der Waals surface area contributed by atoms with Crippen molar-refractivity contribution in [3.8, 4) is 0 Å². The van der Waals surface area contributed by atoms with Gasteiger partial charge < -0.3 is 9.30 Å². The molecule has 1 saturated heterocycles. The Labute approximate surface area is 145 Å². The van der Waals surface area contributed by atoms with E-state index in [1.807, 2.05) is 6.92 Å². The number of rotatable bonds is 4. The lowest BCUT2D eigenvalue weighted by molar-refractivity contribution is 0.0962. The molecular weight excluding hydrogens is 326 g/mol. The van der Waals surface area contributed by atoms with E-state index in [1.54, 1.807) is 13.1 Å². The first-order valence-electron chi connectivity index (χ1n) is 7.98. The Bertz CT molecular complexity index is 887. The second-order valence-electron chi connectivity index (χ2n) is 6.05. The van der Waals surface area contributed by atoms with Gasteiger partial charge in [-0.2, -0.15) is 14.9 Å². The van der Waals surface area contributed by atoms with Crippen molar-refractivity contribution in [3.63, 3.8) is 0 Å². The van der Waals surface area contributed by atoms with Gasteiger partial charge in [0.1, 0.15) is 5.69 Å². The first-order valence-corrected chi connectivity index (χ1v) is 8.39. The van der Waals surface area contributed by atoms with Crippen molar-refractivity contribution in [2.75, 3.05) is 6.61 Å². The molecule has 0 spiro atoms. The monoisotopic (exact) mass is 347 g/mol. The minimum absolute atomic E-state index is 0.176. The fraction of sp³-hybridized carbons (Fsp3) is 0.500. The van der Waals surface area contributed by atoms with E-state index in [-0.39, 0.29) is 16.4 Å². The van der Waals surface area contributed by atoms with Crippen molar-refractivity contribution < 1.29 is 4.74 Å². The quantitative estimate of drug-likeness (QED) is 0.679. The van der Waals surface area contributed by atoms with Crippen molar-refractivity contribution in [1.82, 2.24) is 19.4 Å². The summed E-state index contributed by atoms with van der Waals surface area (Å²) in [6, 6.07) is 2.06. The van der Waals surface area contributed by atoms with Crippen LogP contribution < -0.4 is 5.56 Å². The van der Waals surface area contributed by atoms with Crippen LogP contribution in [0.3, 0.4) is 0 Å². The normalized spacial score (nSPS) is 17.9. The molecule has 2 aromatic heterocycles. The lowest BCUT2D eigenvalue weighted by Gasteiger charge is -2.14. The van der Waals surface area contributed by atoms with E-state index in [9.17, 15) is 4.79 Å². The first-order chi connectivity index (χ1) is 11.5. The zero-order chi connectivity index (χ0) is 17.3. The van der Waals surface area contributed by atoms with Gasteiger partial charge in [0.15, 0.2) is 0 Å². The van der Waals surface area contributed by atoms with Crippen LogP contribution in [0.15, 0.2) is 16.0 Å². The van der Waals surface area contributed by atoms with E-state index in [0.29, 0.717) is 5.69 Å². The highest BCUT2D eigenvalue weighted by Crippen LogP contribution is 2.19. The summed E-state index contributed by atoms with van der Waals surface area (Å²) >= 11 is 5.08. The Hall–Kier alpha value is -2.06. The Kier molecular flexibility index (Phi) is 4.77. The number of nitrogens with zero attached hydrogens (tertiary/aromatic N) is 4. The molecule has 1 N–H and O–H groups in total. The number of hydrogen-bond acceptors (Lipinski definition) is 5. The molecule has 0 unspecified atom stereocenters. The summed E-state index contributed by atoms with van der Waals surface area (Å²) in [4.78, 5) is 12.1.